The molecule has 1 N–H and O–H groups in total. The molecule has 21 heavy (non-hydrogen) atoms. The van der Waals surface area contributed by atoms with Crippen molar-refractivity contribution in [1.29, 1.82) is 0 Å². The number of ether oxygens (including phenoxy) is 1. The molecular formula is C16H15FN2O2. The predicted molar refractivity (Wildman–Crippen MR) is 76.6 cm³/mol. The Hall–Kier alpha value is -2.40. The first-order valence-corrected chi connectivity index (χ1v) is 6.66. The molecule has 1 atom stereocenters. The van der Waals surface area contributed by atoms with Gasteiger partial charge >= 0.3 is 0 Å². The van der Waals surface area contributed by atoms with Crippen molar-refractivity contribution in [3.05, 3.63) is 65.9 Å². The van der Waals surface area contributed by atoms with Gasteiger partial charge in [-0.15, -0.1) is 0 Å². The smallest absolute Gasteiger partial charge is 0.137 e. The van der Waals surface area contributed by atoms with Crippen molar-refractivity contribution in [2.75, 3.05) is 0 Å². The van der Waals surface area contributed by atoms with Gasteiger partial charge in [-0.2, -0.15) is 0 Å². The van der Waals surface area contributed by atoms with Gasteiger partial charge in [-0.25, -0.2) is 9.37 Å². The van der Waals surface area contributed by atoms with E-state index in [0.717, 1.165) is 11.3 Å². The number of benzene rings is 1. The average molecular weight is 286 g/mol. The number of hydrogen-bond acceptors (Lipinski definition) is 3. The van der Waals surface area contributed by atoms with Gasteiger partial charge in [0.1, 0.15) is 23.8 Å². The summed E-state index contributed by atoms with van der Waals surface area (Å²) >= 11 is 0. The number of hydrogen-bond donors (Lipinski definition) is 1. The van der Waals surface area contributed by atoms with E-state index in [-0.39, 0.29) is 6.61 Å². The minimum absolute atomic E-state index is 0.213. The highest BCUT2D eigenvalue weighted by atomic mass is 19.1. The highest BCUT2D eigenvalue weighted by molar-refractivity contribution is 5.40. The fourth-order valence-corrected chi connectivity index (χ4v) is 2.19. The van der Waals surface area contributed by atoms with Gasteiger partial charge in [0.05, 0.1) is 11.8 Å². The number of aliphatic hydroxyl groups is 1. The topological polar surface area (TPSA) is 46.8 Å². The van der Waals surface area contributed by atoms with Crippen molar-refractivity contribution in [3.63, 3.8) is 0 Å². The fraction of sp³-hybridized carbons (Fsp3) is 0.188. The molecular weight excluding hydrogens is 271 g/mol. The van der Waals surface area contributed by atoms with Gasteiger partial charge in [0.25, 0.3) is 0 Å². The number of halogens is 1. The van der Waals surface area contributed by atoms with E-state index in [1.807, 2.05) is 35.0 Å². The van der Waals surface area contributed by atoms with E-state index >= 15 is 0 Å². The quantitative estimate of drug-likeness (QED) is 0.801. The summed E-state index contributed by atoms with van der Waals surface area (Å²) in [4.78, 5) is 4.41. The molecule has 0 bridgehead atoms. The Kier molecular flexibility index (Phi) is 3.58. The normalized spacial score (nSPS) is 12.5. The van der Waals surface area contributed by atoms with Gasteiger partial charge in [0, 0.05) is 24.0 Å². The van der Waals surface area contributed by atoms with Gasteiger partial charge in [-0.1, -0.05) is 6.07 Å². The van der Waals surface area contributed by atoms with Gasteiger partial charge < -0.3 is 14.2 Å². The summed E-state index contributed by atoms with van der Waals surface area (Å²) in [5.41, 5.74) is 2.12. The van der Waals surface area contributed by atoms with Crippen molar-refractivity contribution >= 4 is 5.65 Å². The Bertz CT molecular complexity index is 735. The Morgan fingerprint density at radius 2 is 2.19 bits per heavy atom. The summed E-state index contributed by atoms with van der Waals surface area (Å²) in [6.07, 6.45) is 3.04. The molecule has 3 aromatic rings. The van der Waals surface area contributed by atoms with E-state index in [0.29, 0.717) is 11.3 Å². The lowest BCUT2D eigenvalue weighted by Gasteiger charge is -2.12. The molecule has 0 radical (unpaired) electrons. The van der Waals surface area contributed by atoms with Crippen LogP contribution in [0.15, 0.2) is 48.8 Å². The third-order valence-electron chi connectivity index (χ3n) is 3.22. The van der Waals surface area contributed by atoms with Crippen LogP contribution in [0.4, 0.5) is 4.39 Å². The number of aromatic nitrogens is 2. The minimum Gasteiger partial charge on any atom is -0.487 e. The van der Waals surface area contributed by atoms with E-state index < -0.39 is 11.9 Å². The van der Waals surface area contributed by atoms with Crippen LogP contribution in [-0.2, 0) is 6.61 Å². The van der Waals surface area contributed by atoms with Crippen LogP contribution >= 0.6 is 0 Å². The summed E-state index contributed by atoms with van der Waals surface area (Å²) in [5, 5.41) is 9.68. The number of imidazole rings is 1. The molecule has 0 aliphatic carbocycles. The molecule has 108 valence electrons. The second kappa shape index (κ2) is 5.54. The number of aliphatic hydroxyl groups excluding tert-OH is 1. The highest BCUT2D eigenvalue weighted by Crippen LogP contribution is 2.26. The minimum atomic E-state index is -0.721. The van der Waals surface area contributed by atoms with Gasteiger partial charge in [0.15, 0.2) is 0 Å². The molecule has 0 aliphatic heterocycles. The molecule has 2 aromatic heterocycles. The molecule has 0 unspecified atom stereocenters. The maximum Gasteiger partial charge on any atom is 0.137 e. The lowest BCUT2D eigenvalue weighted by Crippen LogP contribution is -2.01. The van der Waals surface area contributed by atoms with Crippen LogP contribution < -0.4 is 4.74 Å². The Morgan fingerprint density at radius 1 is 1.33 bits per heavy atom. The predicted octanol–water partition coefficient (Wildman–Crippen LogP) is 3.11. The SMILES string of the molecule is C[C@@H](O)c1ccc(F)cc1OCc1cn2ccccc2n1. The highest BCUT2D eigenvalue weighted by Gasteiger charge is 2.11. The Morgan fingerprint density at radius 3 is 2.95 bits per heavy atom. The average Bonchev–Trinajstić information content (AvgIpc) is 2.87. The van der Waals surface area contributed by atoms with Crippen molar-refractivity contribution in [2.45, 2.75) is 19.6 Å². The van der Waals surface area contributed by atoms with E-state index in [4.69, 9.17) is 4.74 Å². The van der Waals surface area contributed by atoms with Crippen molar-refractivity contribution in [1.82, 2.24) is 9.38 Å². The molecule has 3 rings (SSSR count). The molecule has 0 saturated carbocycles. The number of pyridine rings is 1. The van der Waals surface area contributed by atoms with E-state index in [1.165, 1.54) is 18.2 Å². The van der Waals surface area contributed by atoms with Gasteiger partial charge in [0.2, 0.25) is 0 Å². The van der Waals surface area contributed by atoms with Crippen LogP contribution in [0.1, 0.15) is 24.3 Å². The molecule has 1 aromatic carbocycles. The zero-order valence-corrected chi connectivity index (χ0v) is 11.5. The van der Waals surface area contributed by atoms with Crippen LogP contribution in [-0.4, -0.2) is 14.5 Å². The van der Waals surface area contributed by atoms with Crippen LogP contribution in [0.5, 0.6) is 5.75 Å². The summed E-state index contributed by atoms with van der Waals surface area (Å²) in [7, 11) is 0. The van der Waals surface area contributed by atoms with Crippen molar-refractivity contribution in [3.8, 4) is 5.75 Å². The zero-order valence-electron chi connectivity index (χ0n) is 11.5. The monoisotopic (exact) mass is 286 g/mol. The zero-order chi connectivity index (χ0) is 14.8. The molecule has 2 heterocycles. The van der Waals surface area contributed by atoms with E-state index in [2.05, 4.69) is 4.98 Å². The number of rotatable bonds is 4. The second-order valence-electron chi connectivity index (χ2n) is 4.85. The molecule has 0 saturated heterocycles. The fourth-order valence-electron chi connectivity index (χ4n) is 2.19. The Labute approximate surface area is 121 Å². The summed E-state index contributed by atoms with van der Waals surface area (Å²) < 4.78 is 20.8. The molecule has 0 spiro atoms. The largest absolute Gasteiger partial charge is 0.487 e. The first-order valence-electron chi connectivity index (χ1n) is 6.66. The number of nitrogens with zero attached hydrogens (tertiary/aromatic N) is 2. The maximum atomic E-state index is 13.3. The maximum absolute atomic E-state index is 13.3. The van der Waals surface area contributed by atoms with E-state index in [9.17, 15) is 9.50 Å². The van der Waals surface area contributed by atoms with E-state index in [1.54, 1.807) is 6.92 Å². The van der Waals surface area contributed by atoms with Crippen LogP contribution in [0.25, 0.3) is 5.65 Å². The van der Waals surface area contributed by atoms with Crippen LogP contribution in [0, 0.1) is 5.82 Å². The Balaban J connectivity index is 1.82. The van der Waals surface area contributed by atoms with Crippen molar-refractivity contribution < 1.29 is 14.2 Å². The van der Waals surface area contributed by atoms with Gasteiger partial charge in [-0.05, 0) is 31.2 Å². The molecule has 4 nitrogen and oxygen atoms in total. The summed E-state index contributed by atoms with van der Waals surface area (Å²) in [6, 6.07) is 9.83. The first kappa shape index (κ1) is 13.6. The second-order valence-corrected chi connectivity index (χ2v) is 4.85. The lowest BCUT2D eigenvalue weighted by molar-refractivity contribution is 0.189. The molecule has 0 aliphatic rings. The van der Waals surface area contributed by atoms with Gasteiger partial charge in [-0.3, -0.25) is 0 Å². The molecule has 0 fully saturated rings. The summed E-state index contributed by atoms with van der Waals surface area (Å²) in [5.74, 6) is -0.0635. The van der Waals surface area contributed by atoms with Crippen LogP contribution in [0.2, 0.25) is 0 Å². The first-order chi connectivity index (χ1) is 10.1. The molecule has 0 amide bonds. The lowest BCUT2D eigenvalue weighted by atomic mass is 10.1. The van der Waals surface area contributed by atoms with Crippen LogP contribution in [0.3, 0.4) is 0 Å². The van der Waals surface area contributed by atoms with Crippen molar-refractivity contribution in [2.24, 2.45) is 0 Å². The summed E-state index contributed by atoms with van der Waals surface area (Å²) in [6.45, 7) is 1.83. The third-order valence-corrected chi connectivity index (χ3v) is 3.22. The third kappa shape index (κ3) is 2.87. The number of fused-ring (bicyclic) bond motifs is 1. The standard InChI is InChI=1S/C16H15FN2O2/c1-11(20)14-6-5-12(17)8-15(14)21-10-13-9-19-7-3-2-4-16(19)18-13/h2-9,11,20H,10H2,1H3/t11-/m1/s1. The molecule has 5 heteroatoms.